The molecule has 3 heteroatoms. The highest BCUT2D eigenvalue weighted by Gasteiger charge is 2.18. The summed E-state index contributed by atoms with van der Waals surface area (Å²) >= 11 is 0. The summed E-state index contributed by atoms with van der Waals surface area (Å²) in [5, 5.41) is 0.944. The average molecular weight is 331 g/mol. The van der Waals surface area contributed by atoms with E-state index in [9.17, 15) is 4.79 Å². The van der Waals surface area contributed by atoms with E-state index in [1.54, 1.807) is 0 Å². The maximum absolute atomic E-state index is 12.5. The monoisotopic (exact) mass is 331 g/mol. The minimum absolute atomic E-state index is 0.331. The Morgan fingerprint density at radius 3 is 2.64 bits per heavy atom. The molecule has 1 heterocycles. The molecule has 2 aromatic carbocycles. The Hall–Kier alpha value is -2.94. The number of pyridine rings is 1. The first kappa shape index (κ1) is 16.9. The zero-order valence-electron chi connectivity index (χ0n) is 14.7. The van der Waals surface area contributed by atoms with Gasteiger partial charge in [-0.1, -0.05) is 60.2 Å². The predicted molar refractivity (Wildman–Crippen MR) is 103 cm³/mol. The van der Waals surface area contributed by atoms with Gasteiger partial charge in [0.2, 0.25) is 0 Å². The molecule has 0 radical (unpaired) electrons. The van der Waals surface area contributed by atoms with Crippen LogP contribution in [0, 0.1) is 13.8 Å². The van der Waals surface area contributed by atoms with Gasteiger partial charge in [-0.2, -0.15) is 0 Å². The van der Waals surface area contributed by atoms with Crippen LogP contribution >= 0.6 is 0 Å². The fourth-order valence-corrected chi connectivity index (χ4v) is 2.95. The Morgan fingerprint density at radius 2 is 1.88 bits per heavy atom. The molecule has 1 aromatic heterocycles. The maximum Gasteiger partial charge on any atom is 0.340 e. The summed E-state index contributed by atoms with van der Waals surface area (Å²) in [6.07, 6.45) is 4.01. The molecule has 0 amide bonds. The zero-order valence-corrected chi connectivity index (χ0v) is 14.7. The highest BCUT2D eigenvalue weighted by molar-refractivity contribution is 6.03. The second kappa shape index (κ2) is 7.31. The number of esters is 1. The molecule has 0 aliphatic heterocycles. The van der Waals surface area contributed by atoms with Gasteiger partial charge < -0.3 is 4.74 Å². The summed E-state index contributed by atoms with van der Waals surface area (Å²) in [5.41, 5.74) is 5.22. The van der Waals surface area contributed by atoms with Crippen molar-refractivity contribution in [2.24, 2.45) is 0 Å². The SMILES string of the molecule is CCOC(=O)c1c(C)nc2ccccc2c1/C=C/c1cccc(C)c1. The summed E-state index contributed by atoms with van der Waals surface area (Å²) in [7, 11) is 0. The number of benzene rings is 2. The lowest BCUT2D eigenvalue weighted by molar-refractivity contribution is 0.0525. The summed E-state index contributed by atoms with van der Waals surface area (Å²) in [4.78, 5) is 17.1. The number of ether oxygens (including phenoxy) is 1. The molecule has 0 aliphatic rings. The lowest BCUT2D eigenvalue weighted by Crippen LogP contribution is -2.10. The summed E-state index contributed by atoms with van der Waals surface area (Å²) in [6.45, 7) is 6.06. The molecular formula is C22H21NO2. The van der Waals surface area contributed by atoms with Crippen LogP contribution in [0.25, 0.3) is 23.1 Å². The number of para-hydroxylation sites is 1. The molecular weight excluding hydrogens is 310 g/mol. The molecule has 0 unspecified atom stereocenters. The summed E-state index contributed by atoms with van der Waals surface area (Å²) < 4.78 is 5.26. The lowest BCUT2D eigenvalue weighted by atomic mass is 9.99. The van der Waals surface area contributed by atoms with Gasteiger partial charge in [-0.25, -0.2) is 4.79 Å². The zero-order chi connectivity index (χ0) is 17.8. The largest absolute Gasteiger partial charge is 0.462 e. The standard InChI is InChI=1S/C22H21NO2/c1-4-25-22(24)21-16(3)23-20-11-6-5-10-18(20)19(21)13-12-17-9-7-8-15(2)14-17/h5-14H,4H2,1-3H3/b13-12+. The molecule has 0 saturated carbocycles. The third kappa shape index (κ3) is 3.61. The van der Waals surface area contributed by atoms with Crippen molar-refractivity contribution >= 4 is 29.0 Å². The predicted octanol–water partition coefficient (Wildman–Crippen LogP) is 5.20. The van der Waals surface area contributed by atoms with Crippen molar-refractivity contribution in [3.05, 3.63) is 76.5 Å². The van der Waals surface area contributed by atoms with Crippen molar-refractivity contribution in [2.75, 3.05) is 6.61 Å². The van der Waals surface area contributed by atoms with Crippen LogP contribution in [0.5, 0.6) is 0 Å². The third-order valence-corrected chi connectivity index (χ3v) is 4.08. The van der Waals surface area contributed by atoms with E-state index < -0.39 is 0 Å². The van der Waals surface area contributed by atoms with Gasteiger partial charge in [-0.05, 0) is 32.4 Å². The normalized spacial score (nSPS) is 11.2. The quantitative estimate of drug-likeness (QED) is 0.617. The first-order chi connectivity index (χ1) is 12.1. The Morgan fingerprint density at radius 1 is 1.08 bits per heavy atom. The number of hydrogen-bond acceptors (Lipinski definition) is 3. The van der Waals surface area contributed by atoms with E-state index in [4.69, 9.17) is 4.74 Å². The number of fused-ring (bicyclic) bond motifs is 1. The lowest BCUT2D eigenvalue weighted by Gasteiger charge is -2.12. The highest BCUT2D eigenvalue weighted by Crippen LogP contribution is 2.26. The molecule has 126 valence electrons. The molecule has 0 aliphatic carbocycles. The fourth-order valence-electron chi connectivity index (χ4n) is 2.95. The molecule has 25 heavy (non-hydrogen) atoms. The molecule has 3 rings (SSSR count). The molecule has 0 fully saturated rings. The van der Waals surface area contributed by atoms with Gasteiger partial charge in [-0.15, -0.1) is 0 Å². The minimum atomic E-state index is -0.331. The number of rotatable bonds is 4. The van der Waals surface area contributed by atoms with Crippen molar-refractivity contribution in [3.63, 3.8) is 0 Å². The second-order valence-electron chi connectivity index (χ2n) is 5.97. The Kier molecular flexibility index (Phi) is 4.94. The first-order valence-electron chi connectivity index (χ1n) is 8.41. The average Bonchev–Trinajstić information content (AvgIpc) is 2.59. The van der Waals surface area contributed by atoms with E-state index in [1.807, 2.05) is 62.4 Å². The van der Waals surface area contributed by atoms with Crippen LogP contribution in [-0.2, 0) is 4.74 Å². The number of carbonyl (C=O) groups is 1. The smallest absolute Gasteiger partial charge is 0.340 e. The number of hydrogen-bond donors (Lipinski definition) is 0. The molecule has 0 atom stereocenters. The van der Waals surface area contributed by atoms with Crippen LogP contribution in [0.3, 0.4) is 0 Å². The van der Waals surface area contributed by atoms with Gasteiger partial charge in [0.25, 0.3) is 0 Å². The van der Waals surface area contributed by atoms with E-state index in [-0.39, 0.29) is 5.97 Å². The van der Waals surface area contributed by atoms with Crippen LogP contribution in [0.15, 0.2) is 48.5 Å². The summed E-state index contributed by atoms with van der Waals surface area (Å²) in [5.74, 6) is -0.331. The molecule has 3 nitrogen and oxygen atoms in total. The molecule has 0 saturated heterocycles. The topological polar surface area (TPSA) is 39.2 Å². The number of nitrogens with zero attached hydrogens (tertiary/aromatic N) is 1. The van der Waals surface area contributed by atoms with Gasteiger partial charge in [0.1, 0.15) is 0 Å². The van der Waals surface area contributed by atoms with Crippen molar-refractivity contribution in [2.45, 2.75) is 20.8 Å². The van der Waals surface area contributed by atoms with Gasteiger partial charge in [-0.3, -0.25) is 4.98 Å². The highest BCUT2D eigenvalue weighted by atomic mass is 16.5. The van der Waals surface area contributed by atoms with Crippen molar-refractivity contribution in [1.29, 1.82) is 0 Å². The second-order valence-corrected chi connectivity index (χ2v) is 5.97. The van der Waals surface area contributed by atoms with Crippen LogP contribution in [0.4, 0.5) is 0 Å². The molecule has 0 spiro atoms. The van der Waals surface area contributed by atoms with E-state index in [0.717, 1.165) is 22.0 Å². The van der Waals surface area contributed by atoms with E-state index in [2.05, 4.69) is 24.0 Å². The van der Waals surface area contributed by atoms with Crippen molar-refractivity contribution in [3.8, 4) is 0 Å². The Bertz CT molecular complexity index is 957. The molecule has 0 N–H and O–H groups in total. The molecule has 0 bridgehead atoms. The van der Waals surface area contributed by atoms with Gasteiger partial charge in [0.15, 0.2) is 0 Å². The van der Waals surface area contributed by atoms with Crippen LogP contribution in [0.2, 0.25) is 0 Å². The first-order valence-corrected chi connectivity index (χ1v) is 8.41. The Labute approximate surface area is 148 Å². The van der Waals surface area contributed by atoms with Crippen LogP contribution < -0.4 is 0 Å². The van der Waals surface area contributed by atoms with E-state index in [1.165, 1.54) is 5.56 Å². The maximum atomic E-state index is 12.5. The van der Waals surface area contributed by atoms with Gasteiger partial charge >= 0.3 is 5.97 Å². The number of aryl methyl sites for hydroxylation is 2. The molecule has 3 aromatic rings. The fraction of sp³-hybridized carbons (Fsp3) is 0.182. The van der Waals surface area contributed by atoms with Crippen molar-refractivity contribution < 1.29 is 9.53 Å². The van der Waals surface area contributed by atoms with Gasteiger partial charge in [0, 0.05) is 10.9 Å². The van der Waals surface area contributed by atoms with Crippen molar-refractivity contribution in [1.82, 2.24) is 4.98 Å². The van der Waals surface area contributed by atoms with E-state index in [0.29, 0.717) is 17.9 Å². The Balaban J connectivity index is 2.19. The van der Waals surface area contributed by atoms with E-state index >= 15 is 0 Å². The summed E-state index contributed by atoms with van der Waals surface area (Å²) in [6, 6.07) is 16.1. The minimum Gasteiger partial charge on any atom is -0.462 e. The number of aromatic nitrogens is 1. The number of carbonyl (C=O) groups excluding carboxylic acids is 1. The third-order valence-electron chi connectivity index (χ3n) is 4.08. The van der Waals surface area contributed by atoms with Gasteiger partial charge in [0.05, 0.1) is 23.4 Å². The van der Waals surface area contributed by atoms with Crippen LogP contribution in [-0.4, -0.2) is 17.6 Å². The van der Waals surface area contributed by atoms with Crippen LogP contribution in [0.1, 0.15) is 39.7 Å².